The van der Waals surface area contributed by atoms with E-state index in [2.05, 4.69) is 30.7 Å². The molecule has 2 radical (unpaired) electrons. The van der Waals surface area contributed by atoms with Gasteiger partial charge >= 0.3 is 118 Å². The molecule has 38 heteroatoms. The number of methoxy groups -OCH3 is 2. The van der Waals surface area contributed by atoms with Crippen LogP contribution >= 0.6 is 0 Å². The third-order valence-corrected chi connectivity index (χ3v) is 12.8. The summed E-state index contributed by atoms with van der Waals surface area (Å²) in [4.78, 5) is -3.23. The van der Waals surface area contributed by atoms with E-state index in [1.54, 1.807) is 0 Å². The number of benzene rings is 6. The van der Waals surface area contributed by atoms with Crippen molar-refractivity contribution < 1.29 is 244 Å². The maximum Gasteiger partial charge on any atom is 1.00 e. The van der Waals surface area contributed by atoms with Gasteiger partial charge in [0.05, 0.1) is 35.1 Å². The van der Waals surface area contributed by atoms with Crippen LogP contribution in [0.4, 0.5) is 45.5 Å². The number of aromatic hydroxyl groups is 4. The molecule has 28 nitrogen and oxygen atoms in total. The molecule has 0 aliphatic carbocycles. The Balaban J connectivity index is 0.00000988. The Morgan fingerprint density at radius 1 is 0.410 bits per heavy atom. The zero-order valence-electron chi connectivity index (χ0n) is 40.7. The SMILES string of the molecule is COc1cc(N=Nc2cc(S(=O)(=O)O)ccc2O)c(O)cc1N=[N+]([O-])c1cc(S(=O)(=O)O)ccc1/C=C/c1ccc(S(=O)(=O)O)cc1[N+]([O-])=Nc1cc(O)c(N=Nc2cc(S(=O)(=O)O)ccc2O)cc1OC.[Cu].[Cu].[Na+].[Na+].[Na+].[Na+]. The van der Waals surface area contributed by atoms with Crippen LogP contribution in [0.5, 0.6) is 34.5 Å². The Kier molecular flexibility index (Phi) is 29.2. The van der Waals surface area contributed by atoms with Gasteiger partial charge in [0, 0.05) is 80.8 Å². The van der Waals surface area contributed by atoms with Crippen molar-refractivity contribution in [2.24, 2.45) is 30.7 Å². The molecule has 0 heterocycles. The molecule has 0 atom stereocenters. The summed E-state index contributed by atoms with van der Waals surface area (Å²) in [6, 6.07) is 14.0. The van der Waals surface area contributed by atoms with E-state index >= 15 is 0 Å². The van der Waals surface area contributed by atoms with Gasteiger partial charge in [0.2, 0.25) is 0 Å². The van der Waals surface area contributed by atoms with E-state index in [0.29, 0.717) is 12.1 Å². The molecule has 0 saturated heterocycles. The number of hydrogen-bond donors (Lipinski definition) is 8. The molecule has 8 N–H and O–H groups in total. The largest absolute Gasteiger partial charge is 1.00 e. The number of rotatable bonds is 16. The van der Waals surface area contributed by atoms with Crippen molar-refractivity contribution >= 4 is 98.1 Å². The van der Waals surface area contributed by atoms with Gasteiger partial charge in [-0.1, -0.05) is 0 Å². The van der Waals surface area contributed by atoms with Crippen molar-refractivity contribution in [3.63, 3.8) is 0 Å². The summed E-state index contributed by atoms with van der Waals surface area (Å²) in [6.07, 6.45) is 2.20. The fraction of sp³-hybridized carbons (Fsp3) is 0.0500. The van der Waals surface area contributed by atoms with E-state index in [0.717, 1.165) is 111 Å². The number of ether oxygens (including phenoxy) is 2. The second-order valence-corrected chi connectivity index (χ2v) is 19.8. The molecule has 0 saturated carbocycles. The minimum absolute atomic E-state index is 0. The first-order chi connectivity index (χ1) is 33.6. The van der Waals surface area contributed by atoms with Gasteiger partial charge in [-0.05, 0) is 82.5 Å². The van der Waals surface area contributed by atoms with Gasteiger partial charge in [-0.25, -0.2) is 0 Å². The van der Waals surface area contributed by atoms with Crippen LogP contribution in [0, 0.1) is 10.4 Å². The minimum atomic E-state index is -4.99. The maximum atomic E-state index is 13.8. The number of nitrogens with zero attached hydrogens (tertiary/aromatic N) is 8. The predicted octanol–water partition coefficient (Wildman–Crippen LogP) is -3.62. The van der Waals surface area contributed by atoms with Crippen molar-refractivity contribution in [2.45, 2.75) is 19.6 Å². The third kappa shape index (κ3) is 19.1. The molecule has 0 aromatic heterocycles. The molecule has 0 aliphatic heterocycles. The third-order valence-electron chi connectivity index (χ3n) is 9.42. The minimum Gasteiger partial charge on any atom is -0.594 e. The summed E-state index contributed by atoms with van der Waals surface area (Å²) >= 11 is 0. The predicted molar refractivity (Wildman–Crippen MR) is 246 cm³/mol. The van der Waals surface area contributed by atoms with Crippen LogP contribution < -0.4 is 128 Å². The van der Waals surface area contributed by atoms with E-state index in [1.807, 2.05) is 0 Å². The first-order valence-electron chi connectivity index (χ1n) is 19.1. The zero-order valence-corrected chi connectivity index (χ0v) is 53.8. The second kappa shape index (κ2) is 30.6. The summed E-state index contributed by atoms with van der Waals surface area (Å²) in [6.45, 7) is 0. The smallest absolute Gasteiger partial charge is 0.594 e. The van der Waals surface area contributed by atoms with E-state index in [9.17, 15) is 82.7 Å². The maximum absolute atomic E-state index is 13.8. The summed E-state index contributed by atoms with van der Waals surface area (Å²) in [5, 5.41) is 91.9. The standard InChI is InChI=1S/C40H32N8O20S4.2Cu.4Na/c1-67-39-19-29(43-41-27-13-23(69(55,56)57)9-11-35(27)49)37(51)17-31(39)45-47(53)33-15-25(71(61,62)63)7-5-21(33)3-4-22-6-8-26(72(64,65)66)16-34(22)48(54)46-32-18-38(52)30(20-40(32)68-2)44-42-28-14-24(70(58,59)60)10-12-36(28)50;;;;;;/h3-20,49-52H,1-2H3,(H,55,56,57)(H,58,59,60)(H,61,62,63)(H,64,65,66);;;;;;/q;;;4*+1/b4-3+,43-41?,44-42?,47-45?,48-46?;;;;;;. The fourth-order valence-corrected chi connectivity index (χ4v) is 7.91. The molecule has 78 heavy (non-hydrogen) atoms. The van der Waals surface area contributed by atoms with Gasteiger partial charge in [0.15, 0.2) is 22.9 Å². The molecule has 0 aliphatic rings. The molecular formula is C40H32Cu2N8Na4O20S4+4. The number of hydrogen-bond acceptors (Lipinski definition) is 22. The Labute approximate surface area is 552 Å². The van der Waals surface area contributed by atoms with Crippen LogP contribution in [0.2, 0.25) is 0 Å². The van der Waals surface area contributed by atoms with Crippen molar-refractivity contribution in [1.82, 2.24) is 0 Å². The quantitative estimate of drug-likeness (QED) is 0.0116. The molecule has 0 bridgehead atoms. The molecule has 0 amide bonds. The first kappa shape index (κ1) is 74.5. The van der Waals surface area contributed by atoms with Crippen molar-refractivity contribution in [2.75, 3.05) is 14.2 Å². The number of phenolic OH excluding ortho intramolecular Hbond substituents is 4. The van der Waals surface area contributed by atoms with Gasteiger partial charge in [-0.3, -0.25) is 18.2 Å². The Morgan fingerprint density at radius 2 is 0.679 bits per heavy atom. The molecule has 0 spiro atoms. The number of phenols is 4. The summed E-state index contributed by atoms with van der Waals surface area (Å²) in [5.74, 6) is -3.16. The molecule has 0 unspecified atom stereocenters. The molecular weight excluding hydrogens is 1260 g/mol. The van der Waals surface area contributed by atoms with Gasteiger partial charge < -0.3 is 40.3 Å². The Morgan fingerprint density at radius 3 is 0.962 bits per heavy atom. The molecule has 6 aromatic carbocycles. The first-order valence-corrected chi connectivity index (χ1v) is 24.9. The normalized spacial score (nSPS) is 12.1. The summed E-state index contributed by atoms with van der Waals surface area (Å²) in [7, 11) is -17.2. The van der Waals surface area contributed by atoms with Crippen molar-refractivity contribution in [3.8, 4) is 34.5 Å². The van der Waals surface area contributed by atoms with Crippen molar-refractivity contribution in [1.29, 1.82) is 0 Å². The van der Waals surface area contributed by atoms with Crippen LogP contribution in [0.1, 0.15) is 11.1 Å². The van der Waals surface area contributed by atoms with Gasteiger partial charge in [-0.15, -0.1) is 20.5 Å². The van der Waals surface area contributed by atoms with Gasteiger partial charge in [-0.2, -0.15) is 33.7 Å². The van der Waals surface area contributed by atoms with E-state index < -0.39 is 117 Å². The Bertz CT molecular complexity index is 3600. The molecule has 0 fully saturated rings. The zero-order chi connectivity index (χ0) is 53.1. The van der Waals surface area contributed by atoms with E-state index in [4.69, 9.17) is 9.47 Å². The van der Waals surface area contributed by atoms with Gasteiger partial charge in [0.25, 0.3) is 51.8 Å². The van der Waals surface area contributed by atoms with Crippen LogP contribution in [0.15, 0.2) is 147 Å². The topological polar surface area (TPSA) is 443 Å². The summed E-state index contributed by atoms with van der Waals surface area (Å²) in [5.41, 5.74) is -4.18. The van der Waals surface area contributed by atoms with Crippen molar-refractivity contribution in [3.05, 3.63) is 119 Å². The van der Waals surface area contributed by atoms with Crippen LogP contribution in [-0.4, -0.2) is 96.2 Å². The monoisotopic (exact) mass is 1290 g/mol. The average molecular weight is 1290 g/mol. The number of azo groups is 4. The molecule has 6 aromatic rings. The Hall–Kier alpha value is -3.46. The van der Waals surface area contributed by atoms with Crippen LogP contribution in [-0.2, 0) is 74.6 Å². The second-order valence-electron chi connectivity index (χ2n) is 14.1. The molecule has 6 rings (SSSR count). The molecule has 398 valence electrons. The summed E-state index contributed by atoms with van der Waals surface area (Å²) < 4.78 is 144. The van der Waals surface area contributed by atoms with E-state index in [1.165, 1.54) is 0 Å². The van der Waals surface area contributed by atoms with Crippen LogP contribution in [0.25, 0.3) is 12.2 Å². The van der Waals surface area contributed by atoms with Gasteiger partial charge in [0.1, 0.15) is 55.5 Å². The van der Waals surface area contributed by atoms with E-state index in [-0.39, 0.29) is 196 Å². The average Bonchev–Trinajstić information content (AvgIpc) is 3.29. The van der Waals surface area contributed by atoms with Crippen LogP contribution in [0.3, 0.4) is 0 Å². The fourth-order valence-electron chi connectivity index (χ4n) is 5.90.